The maximum absolute atomic E-state index is 5.74. The van der Waals surface area contributed by atoms with Crippen LogP contribution >= 0.6 is 11.8 Å². The van der Waals surface area contributed by atoms with Gasteiger partial charge in [-0.25, -0.2) is 0 Å². The first kappa shape index (κ1) is 17.3. The lowest BCUT2D eigenvalue weighted by atomic mass is 9.87. The Morgan fingerprint density at radius 1 is 1.00 bits per heavy atom. The molecule has 0 aliphatic heterocycles. The summed E-state index contributed by atoms with van der Waals surface area (Å²) in [6.07, 6.45) is 0. The van der Waals surface area contributed by atoms with Crippen LogP contribution < -0.4 is 16.2 Å². The summed E-state index contributed by atoms with van der Waals surface area (Å²) >= 11 is 1.66. The molecule has 0 saturated heterocycles. The van der Waals surface area contributed by atoms with Crippen LogP contribution in [0.15, 0.2) is 24.3 Å². The number of thioether (sulfide) groups is 1. The van der Waals surface area contributed by atoms with Gasteiger partial charge in [0.25, 0.3) is 0 Å². The first-order chi connectivity index (χ1) is 10.8. The standard InChI is InChI=1S/C16H23N5OS/c1-16(2,3)11-4-6-12(7-5-11)22-8-9-23-10-13-19-14(17)21-15(18)20-13/h4-7H,8-10H2,1-3H3,(H4,17,18,19,20,21). The van der Waals surface area contributed by atoms with Crippen molar-refractivity contribution in [3.8, 4) is 5.75 Å². The van der Waals surface area contributed by atoms with Crippen LogP contribution in [0.4, 0.5) is 11.9 Å². The highest BCUT2D eigenvalue weighted by molar-refractivity contribution is 7.98. The Kier molecular flexibility index (Phi) is 5.65. The summed E-state index contributed by atoms with van der Waals surface area (Å²) in [5, 5.41) is 0. The Morgan fingerprint density at radius 2 is 1.61 bits per heavy atom. The number of hydrogen-bond donors (Lipinski definition) is 2. The van der Waals surface area contributed by atoms with Crippen LogP contribution in [-0.2, 0) is 11.2 Å². The van der Waals surface area contributed by atoms with Gasteiger partial charge in [-0.05, 0) is 23.1 Å². The Labute approximate surface area is 141 Å². The van der Waals surface area contributed by atoms with E-state index in [0.717, 1.165) is 11.5 Å². The zero-order valence-electron chi connectivity index (χ0n) is 13.7. The van der Waals surface area contributed by atoms with Crippen molar-refractivity contribution in [2.24, 2.45) is 0 Å². The molecular formula is C16H23N5OS. The minimum Gasteiger partial charge on any atom is -0.493 e. The van der Waals surface area contributed by atoms with Gasteiger partial charge in [-0.15, -0.1) is 0 Å². The van der Waals surface area contributed by atoms with Crippen molar-refractivity contribution < 1.29 is 4.74 Å². The van der Waals surface area contributed by atoms with E-state index in [4.69, 9.17) is 16.2 Å². The molecule has 7 heteroatoms. The summed E-state index contributed by atoms with van der Waals surface area (Å²) < 4.78 is 5.74. The molecular weight excluding hydrogens is 310 g/mol. The number of nitrogen functional groups attached to an aromatic ring is 2. The van der Waals surface area contributed by atoms with E-state index in [1.807, 2.05) is 12.1 Å². The highest BCUT2D eigenvalue weighted by Crippen LogP contribution is 2.24. The monoisotopic (exact) mass is 333 g/mol. The van der Waals surface area contributed by atoms with Crippen LogP contribution in [0.3, 0.4) is 0 Å². The zero-order chi connectivity index (χ0) is 16.9. The van der Waals surface area contributed by atoms with Crippen LogP contribution in [0.1, 0.15) is 32.2 Å². The SMILES string of the molecule is CC(C)(C)c1ccc(OCCSCc2nc(N)nc(N)n2)cc1. The molecule has 0 spiro atoms. The second-order valence-corrected chi connectivity index (χ2v) is 7.25. The fraction of sp³-hybridized carbons (Fsp3) is 0.438. The van der Waals surface area contributed by atoms with Gasteiger partial charge in [-0.2, -0.15) is 26.7 Å². The molecule has 0 amide bonds. The normalized spacial score (nSPS) is 11.4. The van der Waals surface area contributed by atoms with Crippen molar-refractivity contribution in [2.45, 2.75) is 31.9 Å². The molecule has 4 N–H and O–H groups in total. The highest BCUT2D eigenvalue weighted by atomic mass is 32.2. The predicted octanol–water partition coefficient (Wildman–Crippen LogP) is 2.65. The minimum atomic E-state index is 0.155. The molecule has 1 aromatic carbocycles. The van der Waals surface area contributed by atoms with Crippen molar-refractivity contribution in [1.82, 2.24) is 15.0 Å². The first-order valence-corrected chi connectivity index (χ1v) is 8.57. The molecule has 0 radical (unpaired) electrons. The lowest BCUT2D eigenvalue weighted by Crippen LogP contribution is -2.10. The predicted molar refractivity (Wildman–Crippen MR) is 95.5 cm³/mol. The zero-order valence-corrected chi connectivity index (χ0v) is 14.6. The summed E-state index contributed by atoms with van der Waals surface area (Å²) in [7, 11) is 0. The lowest BCUT2D eigenvalue weighted by molar-refractivity contribution is 0.343. The van der Waals surface area contributed by atoms with Gasteiger partial charge in [0, 0.05) is 5.75 Å². The summed E-state index contributed by atoms with van der Waals surface area (Å²) in [4.78, 5) is 11.8. The quantitative estimate of drug-likeness (QED) is 0.784. The fourth-order valence-electron chi connectivity index (χ4n) is 1.95. The minimum absolute atomic E-state index is 0.155. The third kappa shape index (κ3) is 5.59. The number of aromatic nitrogens is 3. The van der Waals surface area contributed by atoms with E-state index in [2.05, 4.69) is 47.9 Å². The largest absolute Gasteiger partial charge is 0.493 e. The average molecular weight is 333 g/mol. The van der Waals surface area contributed by atoms with Crippen LogP contribution in [0, 0.1) is 0 Å². The van der Waals surface area contributed by atoms with Gasteiger partial charge in [-0.3, -0.25) is 0 Å². The number of rotatable bonds is 6. The van der Waals surface area contributed by atoms with E-state index < -0.39 is 0 Å². The van der Waals surface area contributed by atoms with Crippen molar-refractivity contribution in [2.75, 3.05) is 23.8 Å². The molecule has 1 aromatic heterocycles. The van der Waals surface area contributed by atoms with Crippen molar-refractivity contribution >= 4 is 23.7 Å². The molecule has 0 bridgehead atoms. The van der Waals surface area contributed by atoms with Crippen molar-refractivity contribution in [1.29, 1.82) is 0 Å². The molecule has 2 rings (SSSR count). The van der Waals surface area contributed by atoms with Gasteiger partial charge in [-0.1, -0.05) is 32.9 Å². The maximum Gasteiger partial charge on any atom is 0.225 e. The number of nitrogens with two attached hydrogens (primary N) is 2. The molecule has 124 valence electrons. The number of ether oxygens (including phenoxy) is 1. The van der Waals surface area contributed by atoms with Gasteiger partial charge < -0.3 is 16.2 Å². The third-order valence-electron chi connectivity index (χ3n) is 3.16. The molecule has 0 saturated carbocycles. The molecule has 6 nitrogen and oxygen atoms in total. The lowest BCUT2D eigenvalue weighted by Gasteiger charge is -2.19. The van der Waals surface area contributed by atoms with Gasteiger partial charge in [0.1, 0.15) is 11.6 Å². The smallest absolute Gasteiger partial charge is 0.225 e. The molecule has 23 heavy (non-hydrogen) atoms. The van der Waals surface area contributed by atoms with Gasteiger partial charge >= 0.3 is 0 Å². The molecule has 0 aliphatic carbocycles. The first-order valence-electron chi connectivity index (χ1n) is 7.41. The third-order valence-corrected chi connectivity index (χ3v) is 4.08. The fourth-order valence-corrected chi connectivity index (χ4v) is 2.61. The number of anilines is 2. The van der Waals surface area contributed by atoms with Gasteiger partial charge in [0.15, 0.2) is 0 Å². The van der Waals surface area contributed by atoms with Crippen molar-refractivity contribution in [3.05, 3.63) is 35.7 Å². The Morgan fingerprint density at radius 3 is 2.17 bits per heavy atom. The molecule has 2 aromatic rings. The number of benzene rings is 1. The second-order valence-electron chi connectivity index (χ2n) is 6.14. The van der Waals surface area contributed by atoms with Crippen LogP contribution in [0.2, 0.25) is 0 Å². The Hall–Kier alpha value is -2.02. The van der Waals surface area contributed by atoms with E-state index in [1.165, 1.54) is 5.56 Å². The van der Waals surface area contributed by atoms with Gasteiger partial charge in [0.05, 0.1) is 12.4 Å². The van der Waals surface area contributed by atoms with E-state index in [0.29, 0.717) is 18.2 Å². The number of hydrogen-bond acceptors (Lipinski definition) is 7. The Balaban J connectivity index is 1.73. The summed E-state index contributed by atoms with van der Waals surface area (Å²) in [5.74, 6) is 3.24. The van der Waals surface area contributed by atoms with E-state index in [1.54, 1.807) is 11.8 Å². The van der Waals surface area contributed by atoms with E-state index >= 15 is 0 Å². The number of nitrogens with zero attached hydrogens (tertiary/aromatic N) is 3. The topological polar surface area (TPSA) is 99.9 Å². The summed E-state index contributed by atoms with van der Waals surface area (Å²) in [6.45, 7) is 7.20. The molecule has 0 fully saturated rings. The van der Waals surface area contributed by atoms with Crippen LogP contribution in [0.5, 0.6) is 5.75 Å². The maximum atomic E-state index is 5.74. The Bertz CT molecular complexity index is 620. The molecule has 0 aliphatic rings. The van der Waals surface area contributed by atoms with Gasteiger partial charge in [0.2, 0.25) is 11.9 Å². The average Bonchev–Trinajstić information content (AvgIpc) is 2.45. The molecule has 0 atom stereocenters. The highest BCUT2D eigenvalue weighted by Gasteiger charge is 2.12. The van der Waals surface area contributed by atoms with Crippen LogP contribution in [-0.4, -0.2) is 27.3 Å². The molecule has 1 heterocycles. The van der Waals surface area contributed by atoms with E-state index in [9.17, 15) is 0 Å². The summed E-state index contributed by atoms with van der Waals surface area (Å²) in [6, 6.07) is 8.24. The van der Waals surface area contributed by atoms with E-state index in [-0.39, 0.29) is 17.3 Å². The molecule has 0 unspecified atom stereocenters. The van der Waals surface area contributed by atoms with Crippen molar-refractivity contribution in [3.63, 3.8) is 0 Å². The summed E-state index contributed by atoms with van der Waals surface area (Å²) in [5.41, 5.74) is 12.5. The second kappa shape index (κ2) is 7.50. The van der Waals surface area contributed by atoms with Crippen LogP contribution in [0.25, 0.3) is 0 Å².